The quantitative estimate of drug-likeness (QED) is 0.590. The number of halogens is 1. The molecule has 2 aromatic carbocycles. The van der Waals surface area contributed by atoms with E-state index in [2.05, 4.69) is 39.0 Å². The van der Waals surface area contributed by atoms with Crippen LogP contribution in [-0.2, 0) is 9.53 Å². The summed E-state index contributed by atoms with van der Waals surface area (Å²) in [4.78, 5) is 13.1. The number of carboxylic acids is 1. The van der Waals surface area contributed by atoms with Gasteiger partial charge in [0.1, 0.15) is 18.1 Å². The van der Waals surface area contributed by atoms with Gasteiger partial charge in [-0.25, -0.2) is 4.79 Å². The molecule has 0 aliphatic carbocycles. The molecule has 160 valence electrons. The molecular formula is C23H26BrNO5. The Bertz CT molecular complexity index is 876. The highest BCUT2D eigenvalue weighted by molar-refractivity contribution is 9.10. The van der Waals surface area contributed by atoms with Crippen molar-refractivity contribution >= 4 is 27.5 Å². The lowest BCUT2D eigenvalue weighted by molar-refractivity contribution is -0.139. The number of morpholine rings is 1. The summed E-state index contributed by atoms with van der Waals surface area (Å²) in [7, 11) is 0. The monoisotopic (exact) mass is 475 g/mol. The predicted octanol–water partition coefficient (Wildman–Crippen LogP) is 4.02. The minimum atomic E-state index is -0.999. The number of ether oxygens (including phenoxy) is 3. The van der Waals surface area contributed by atoms with E-state index >= 15 is 0 Å². The second-order valence-corrected chi connectivity index (χ2v) is 7.96. The molecule has 7 heteroatoms. The average molecular weight is 476 g/mol. The fraction of sp³-hybridized carbons (Fsp3) is 0.348. The van der Waals surface area contributed by atoms with Gasteiger partial charge in [-0.3, -0.25) is 4.90 Å². The molecule has 1 heterocycles. The lowest BCUT2D eigenvalue weighted by atomic mass is 10.0. The van der Waals surface area contributed by atoms with Crippen LogP contribution in [0.15, 0.2) is 53.0 Å². The molecule has 6 nitrogen and oxygen atoms in total. The normalized spacial score (nSPS) is 15.1. The van der Waals surface area contributed by atoms with Crippen LogP contribution in [0.3, 0.4) is 0 Å². The van der Waals surface area contributed by atoms with Gasteiger partial charge in [0.05, 0.1) is 13.2 Å². The van der Waals surface area contributed by atoms with Crippen LogP contribution in [0.4, 0.5) is 0 Å². The molecule has 30 heavy (non-hydrogen) atoms. The highest BCUT2D eigenvalue weighted by Crippen LogP contribution is 2.24. The third-order valence-electron chi connectivity index (χ3n) is 4.79. The van der Waals surface area contributed by atoms with Crippen molar-refractivity contribution in [2.24, 2.45) is 0 Å². The predicted molar refractivity (Wildman–Crippen MR) is 119 cm³/mol. The summed E-state index contributed by atoms with van der Waals surface area (Å²) in [6.45, 7) is 6.16. The zero-order valence-corrected chi connectivity index (χ0v) is 18.6. The molecule has 0 amide bonds. The maximum atomic E-state index is 10.7. The number of nitrogens with zero attached hydrogens (tertiary/aromatic N) is 1. The summed E-state index contributed by atoms with van der Waals surface area (Å²) >= 11 is 3.49. The lowest BCUT2D eigenvalue weighted by Gasteiger charge is -2.27. The Morgan fingerprint density at radius 3 is 2.57 bits per heavy atom. The van der Waals surface area contributed by atoms with Crippen molar-refractivity contribution in [3.05, 3.63) is 64.1 Å². The van der Waals surface area contributed by atoms with Crippen molar-refractivity contribution in [1.29, 1.82) is 0 Å². The van der Waals surface area contributed by atoms with Crippen molar-refractivity contribution < 1.29 is 24.1 Å². The summed E-state index contributed by atoms with van der Waals surface area (Å²) < 4.78 is 17.7. The Kier molecular flexibility index (Phi) is 8.30. The second-order valence-electron chi connectivity index (χ2n) is 7.05. The number of carbonyl (C=O) groups is 1. The smallest absolute Gasteiger partial charge is 0.341 e. The van der Waals surface area contributed by atoms with Gasteiger partial charge in [-0.2, -0.15) is 0 Å². The van der Waals surface area contributed by atoms with Crippen molar-refractivity contribution in [2.75, 3.05) is 46.1 Å². The van der Waals surface area contributed by atoms with Crippen molar-refractivity contribution in [3.8, 4) is 11.5 Å². The number of benzene rings is 2. The first-order chi connectivity index (χ1) is 14.5. The highest BCUT2D eigenvalue weighted by atomic mass is 79.9. The van der Waals surface area contributed by atoms with Gasteiger partial charge in [-0.1, -0.05) is 28.1 Å². The van der Waals surface area contributed by atoms with Crippen LogP contribution in [-0.4, -0.2) is 62.0 Å². The van der Waals surface area contributed by atoms with E-state index in [1.54, 1.807) is 12.1 Å². The Hall–Kier alpha value is -2.35. The molecule has 2 aromatic rings. The minimum Gasteiger partial charge on any atom is -0.490 e. The molecular weight excluding hydrogens is 450 g/mol. The van der Waals surface area contributed by atoms with Gasteiger partial charge in [-0.05, 0) is 60.0 Å². The molecule has 1 N–H and O–H groups in total. The van der Waals surface area contributed by atoms with Crippen LogP contribution in [0.25, 0.3) is 5.57 Å². The average Bonchev–Trinajstić information content (AvgIpc) is 2.74. The first-order valence-corrected chi connectivity index (χ1v) is 10.6. The molecule has 0 atom stereocenters. The van der Waals surface area contributed by atoms with Gasteiger partial charge < -0.3 is 19.3 Å². The largest absolute Gasteiger partial charge is 0.490 e. The molecule has 3 rings (SSSR count). The Morgan fingerprint density at radius 2 is 1.90 bits per heavy atom. The highest BCUT2D eigenvalue weighted by Gasteiger charge is 2.13. The second kappa shape index (κ2) is 11.2. The summed E-state index contributed by atoms with van der Waals surface area (Å²) in [6, 6.07) is 13.7. The van der Waals surface area contributed by atoms with E-state index in [-0.39, 0.29) is 6.61 Å². The molecule has 0 unspecified atom stereocenters. The third kappa shape index (κ3) is 6.86. The first kappa shape index (κ1) is 22.3. The number of aryl methyl sites for hydroxylation is 1. The molecule has 1 fully saturated rings. The van der Waals surface area contributed by atoms with Crippen LogP contribution in [0, 0.1) is 6.92 Å². The zero-order chi connectivity index (χ0) is 21.3. The SMILES string of the molecule is Cc1cc(OC/C=C(\CN2CCOCC2)c2ccc(Br)cc2)ccc1OCC(=O)O. The van der Waals surface area contributed by atoms with Gasteiger partial charge in [-0.15, -0.1) is 0 Å². The van der Waals surface area contributed by atoms with Gasteiger partial charge in [0, 0.05) is 24.1 Å². The molecule has 0 radical (unpaired) electrons. The molecule has 1 aliphatic heterocycles. The number of carboxylic acid groups (broad SMARTS) is 1. The summed E-state index contributed by atoms with van der Waals surface area (Å²) in [5.74, 6) is 0.261. The Balaban J connectivity index is 1.66. The topological polar surface area (TPSA) is 68.2 Å². The number of hydrogen-bond acceptors (Lipinski definition) is 5. The lowest BCUT2D eigenvalue weighted by Crippen LogP contribution is -2.37. The van der Waals surface area contributed by atoms with E-state index in [9.17, 15) is 4.79 Å². The van der Waals surface area contributed by atoms with Gasteiger partial charge in [0.25, 0.3) is 0 Å². The summed E-state index contributed by atoms with van der Waals surface area (Å²) in [5, 5.41) is 8.75. The number of rotatable bonds is 9. The van der Waals surface area contributed by atoms with Gasteiger partial charge in [0.15, 0.2) is 6.61 Å². The van der Waals surface area contributed by atoms with E-state index in [0.29, 0.717) is 18.1 Å². The fourth-order valence-corrected chi connectivity index (χ4v) is 3.45. The molecule has 0 bridgehead atoms. The van der Waals surface area contributed by atoms with Crippen LogP contribution in [0.2, 0.25) is 0 Å². The third-order valence-corrected chi connectivity index (χ3v) is 5.32. The van der Waals surface area contributed by atoms with Gasteiger partial charge in [0.2, 0.25) is 0 Å². The maximum Gasteiger partial charge on any atom is 0.341 e. The van der Waals surface area contributed by atoms with Crippen molar-refractivity contribution in [1.82, 2.24) is 4.90 Å². The standard InChI is InChI=1S/C23H26BrNO5/c1-17-14-21(6-7-22(17)30-16-23(26)27)29-11-8-19(15-25-9-12-28-13-10-25)18-2-4-20(24)5-3-18/h2-8,14H,9-13,15-16H2,1H3,(H,26,27)/b19-8+. The Labute approximate surface area is 185 Å². The first-order valence-electron chi connectivity index (χ1n) is 9.84. The maximum absolute atomic E-state index is 10.7. The van der Waals surface area contributed by atoms with Crippen molar-refractivity contribution in [3.63, 3.8) is 0 Å². The van der Waals surface area contributed by atoms with E-state index < -0.39 is 5.97 Å². The molecule has 0 saturated carbocycles. The van der Waals surface area contributed by atoms with E-state index in [4.69, 9.17) is 19.3 Å². The molecule has 0 aromatic heterocycles. The van der Waals surface area contributed by atoms with E-state index in [0.717, 1.165) is 42.9 Å². The minimum absolute atomic E-state index is 0.359. The molecule has 1 aliphatic rings. The van der Waals surface area contributed by atoms with E-state index in [1.807, 2.05) is 25.1 Å². The van der Waals surface area contributed by atoms with Crippen LogP contribution >= 0.6 is 15.9 Å². The molecule has 0 spiro atoms. The number of hydrogen-bond donors (Lipinski definition) is 1. The molecule has 1 saturated heterocycles. The van der Waals surface area contributed by atoms with Crippen molar-refractivity contribution in [2.45, 2.75) is 6.92 Å². The van der Waals surface area contributed by atoms with Crippen LogP contribution in [0.1, 0.15) is 11.1 Å². The van der Waals surface area contributed by atoms with E-state index in [1.165, 1.54) is 11.1 Å². The summed E-state index contributed by atoms with van der Waals surface area (Å²) in [5.41, 5.74) is 3.21. The van der Waals surface area contributed by atoms with Gasteiger partial charge >= 0.3 is 5.97 Å². The zero-order valence-electron chi connectivity index (χ0n) is 17.0. The number of aliphatic carboxylic acids is 1. The fourth-order valence-electron chi connectivity index (χ4n) is 3.19. The van der Waals surface area contributed by atoms with Crippen LogP contribution in [0.5, 0.6) is 11.5 Å². The summed E-state index contributed by atoms with van der Waals surface area (Å²) in [6.07, 6.45) is 2.11. The van der Waals surface area contributed by atoms with Crippen LogP contribution < -0.4 is 9.47 Å². The Morgan fingerprint density at radius 1 is 1.17 bits per heavy atom.